The van der Waals surface area contributed by atoms with Gasteiger partial charge >= 0.3 is 0 Å². The summed E-state index contributed by atoms with van der Waals surface area (Å²) in [4.78, 5) is 24.7. The zero-order valence-electron chi connectivity index (χ0n) is 14.6. The number of nitrogens with one attached hydrogen (secondary N) is 3. The van der Waals surface area contributed by atoms with E-state index >= 15 is 0 Å². The number of ether oxygens (including phenoxy) is 2. The molecule has 1 aliphatic heterocycles. The van der Waals surface area contributed by atoms with Gasteiger partial charge in [-0.05, 0) is 25.0 Å². The number of hydrogen-bond acceptors (Lipinski definition) is 5. The summed E-state index contributed by atoms with van der Waals surface area (Å²) in [5.41, 5.74) is 0.526. The molecule has 1 aromatic rings. The summed E-state index contributed by atoms with van der Waals surface area (Å²) >= 11 is 0. The summed E-state index contributed by atoms with van der Waals surface area (Å²) in [6, 6.07) is 5.13. The van der Waals surface area contributed by atoms with Crippen LogP contribution in [0.25, 0.3) is 0 Å². The zero-order valence-corrected chi connectivity index (χ0v) is 14.6. The summed E-state index contributed by atoms with van der Waals surface area (Å²) in [7, 11) is 3.10. The van der Waals surface area contributed by atoms with Crippen LogP contribution in [0.5, 0.6) is 11.5 Å². The lowest BCUT2D eigenvalue weighted by Gasteiger charge is -2.40. The third-order valence-corrected chi connectivity index (χ3v) is 4.90. The monoisotopic (exact) mass is 347 g/mol. The molecule has 0 aromatic heterocycles. The number of methoxy groups -OCH3 is 2. The standard InChI is InChI=1S/C18H25N3O4/c1-24-11-7-8-16(25-2)14(9-11)20-17(22)10-15-18(23)21-13-6-4-3-5-12(13)19-15/h7-9,12-13,15,19H,3-6,10H2,1-2H3,(H,20,22)(H,21,23)/t12-,13+,15-/m0/s1. The quantitative estimate of drug-likeness (QED) is 0.750. The molecular formula is C18H25N3O4. The van der Waals surface area contributed by atoms with Crippen LogP contribution in [0, 0.1) is 0 Å². The van der Waals surface area contributed by atoms with Gasteiger partial charge in [-0.3, -0.25) is 9.59 Å². The average molecular weight is 347 g/mol. The molecule has 3 atom stereocenters. The van der Waals surface area contributed by atoms with Gasteiger partial charge in [-0.15, -0.1) is 0 Å². The van der Waals surface area contributed by atoms with Crippen LogP contribution in [-0.4, -0.2) is 44.2 Å². The average Bonchev–Trinajstić information content (AvgIpc) is 2.62. The van der Waals surface area contributed by atoms with Crippen LogP contribution in [0.1, 0.15) is 32.1 Å². The van der Waals surface area contributed by atoms with Gasteiger partial charge in [0.1, 0.15) is 11.5 Å². The van der Waals surface area contributed by atoms with Crippen molar-refractivity contribution >= 4 is 17.5 Å². The van der Waals surface area contributed by atoms with Crippen LogP contribution in [-0.2, 0) is 9.59 Å². The molecule has 0 radical (unpaired) electrons. The first-order chi connectivity index (χ1) is 12.1. The number of piperazine rings is 1. The lowest BCUT2D eigenvalue weighted by molar-refractivity contribution is -0.129. The van der Waals surface area contributed by atoms with Crippen molar-refractivity contribution in [1.29, 1.82) is 0 Å². The highest BCUT2D eigenvalue weighted by molar-refractivity contribution is 5.96. The Balaban J connectivity index is 1.63. The maximum Gasteiger partial charge on any atom is 0.237 e. The minimum absolute atomic E-state index is 0.0788. The van der Waals surface area contributed by atoms with E-state index in [9.17, 15) is 9.59 Å². The van der Waals surface area contributed by atoms with Crippen molar-refractivity contribution in [3.05, 3.63) is 18.2 Å². The Morgan fingerprint density at radius 2 is 1.96 bits per heavy atom. The van der Waals surface area contributed by atoms with Crippen LogP contribution in [0.3, 0.4) is 0 Å². The second-order valence-electron chi connectivity index (χ2n) is 6.54. The molecule has 1 aromatic carbocycles. The van der Waals surface area contributed by atoms with E-state index < -0.39 is 6.04 Å². The van der Waals surface area contributed by atoms with Crippen molar-refractivity contribution in [2.45, 2.75) is 50.2 Å². The van der Waals surface area contributed by atoms with Gasteiger partial charge in [-0.2, -0.15) is 0 Å². The molecule has 2 aliphatic rings. The first-order valence-electron chi connectivity index (χ1n) is 8.69. The lowest BCUT2D eigenvalue weighted by Crippen LogP contribution is -2.65. The molecule has 3 rings (SSSR count). The number of fused-ring (bicyclic) bond motifs is 1. The van der Waals surface area contributed by atoms with Gasteiger partial charge in [0.15, 0.2) is 0 Å². The maximum absolute atomic E-state index is 12.4. The molecule has 3 N–H and O–H groups in total. The molecule has 1 aliphatic carbocycles. The molecule has 1 saturated heterocycles. The lowest BCUT2D eigenvalue weighted by atomic mass is 9.87. The van der Waals surface area contributed by atoms with Crippen molar-refractivity contribution in [2.24, 2.45) is 0 Å². The van der Waals surface area contributed by atoms with Crippen LogP contribution in [0.4, 0.5) is 5.69 Å². The summed E-state index contributed by atoms with van der Waals surface area (Å²) < 4.78 is 10.4. The number of amides is 2. The zero-order chi connectivity index (χ0) is 17.8. The van der Waals surface area contributed by atoms with Crippen molar-refractivity contribution in [3.8, 4) is 11.5 Å². The molecule has 0 bridgehead atoms. The van der Waals surface area contributed by atoms with Crippen molar-refractivity contribution in [2.75, 3.05) is 19.5 Å². The Hall–Kier alpha value is -2.28. The Morgan fingerprint density at radius 3 is 2.68 bits per heavy atom. The van der Waals surface area contributed by atoms with Crippen molar-refractivity contribution in [3.63, 3.8) is 0 Å². The molecule has 1 saturated carbocycles. The van der Waals surface area contributed by atoms with Gasteiger partial charge in [0.25, 0.3) is 0 Å². The summed E-state index contributed by atoms with van der Waals surface area (Å²) in [6.07, 6.45) is 4.42. The van der Waals surface area contributed by atoms with E-state index in [4.69, 9.17) is 9.47 Å². The van der Waals surface area contributed by atoms with Gasteiger partial charge in [-0.25, -0.2) is 0 Å². The summed E-state index contributed by atoms with van der Waals surface area (Å²) in [5.74, 6) is 0.821. The smallest absolute Gasteiger partial charge is 0.237 e. The van der Waals surface area contributed by atoms with E-state index in [-0.39, 0.29) is 30.3 Å². The molecular weight excluding hydrogens is 322 g/mol. The normalized spacial score (nSPS) is 25.5. The molecule has 136 valence electrons. The fraction of sp³-hybridized carbons (Fsp3) is 0.556. The van der Waals surface area contributed by atoms with Gasteiger partial charge in [0.05, 0.1) is 32.4 Å². The Bertz CT molecular complexity index is 649. The molecule has 7 heteroatoms. The highest BCUT2D eigenvalue weighted by Gasteiger charge is 2.37. The molecule has 0 unspecified atom stereocenters. The Morgan fingerprint density at radius 1 is 1.20 bits per heavy atom. The SMILES string of the molecule is COc1ccc(OC)c(NC(=O)C[C@@H]2N[C@H]3CCCC[C@H]3NC2=O)c1. The van der Waals surface area contributed by atoms with Gasteiger partial charge in [-0.1, -0.05) is 12.8 Å². The maximum atomic E-state index is 12.4. The second-order valence-corrected chi connectivity index (χ2v) is 6.54. The van der Waals surface area contributed by atoms with E-state index in [1.54, 1.807) is 25.3 Å². The second kappa shape index (κ2) is 7.74. The molecule has 2 fully saturated rings. The molecule has 0 spiro atoms. The predicted molar refractivity (Wildman–Crippen MR) is 93.9 cm³/mol. The van der Waals surface area contributed by atoms with E-state index in [0.29, 0.717) is 17.2 Å². The topological polar surface area (TPSA) is 88.7 Å². The molecule has 1 heterocycles. The molecule has 7 nitrogen and oxygen atoms in total. The third-order valence-electron chi connectivity index (χ3n) is 4.90. The van der Waals surface area contributed by atoms with Gasteiger partial charge < -0.3 is 25.4 Å². The van der Waals surface area contributed by atoms with Crippen LogP contribution in [0.15, 0.2) is 18.2 Å². The summed E-state index contributed by atoms with van der Waals surface area (Å²) in [5, 5.41) is 9.21. The number of rotatable bonds is 5. The highest BCUT2D eigenvalue weighted by atomic mass is 16.5. The first-order valence-corrected chi connectivity index (χ1v) is 8.69. The molecule has 2 amide bonds. The molecule has 25 heavy (non-hydrogen) atoms. The van der Waals surface area contributed by atoms with E-state index in [2.05, 4.69) is 16.0 Å². The minimum Gasteiger partial charge on any atom is -0.497 e. The Kier molecular flexibility index (Phi) is 5.43. The van der Waals surface area contributed by atoms with E-state index in [1.165, 1.54) is 7.11 Å². The number of carbonyl (C=O) groups is 2. The van der Waals surface area contributed by atoms with Gasteiger partial charge in [0, 0.05) is 18.2 Å². The first kappa shape index (κ1) is 17.5. The van der Waals surface area contributed by atoms with Crippen molar-refractivity contribution < 1.29 is 19.1 Å². The van der Waals surface area contributed by atoms with E-state index in [1.807, 2.05) is 0 Å². The highest BCUT2D eigenvalue weighted by Crippen LogP contribution is 2.29. The number of anilines is 1. The fourth-order valence-corrected chi connectivity index (χ4v) is 3.57. The van der Waals surface area contributed by atoms with Crippen molar-refractivity contribution in [1.82, 2.24) is 10.6 Å². The summed E-state index contributed by atoms with van der Waals surface area (Å²) in [6.45, 7) is 0. The van der Waals surface area contributed by atoms with Crippen LogP contribution < -0.4 is 25.4 Å². The largest absolute Gasteiger partial charge is 0.497 e. The van der Waals surface area contributed by atoms with Crippen LogP contribution >= 0.6 is 0 Å². The van der Waals surface area contributed by atoms with E-state index in [0.717, 1.165) is 25.7 Å². The number of hydrogen-bond donors (Lipinski definition) is 3. The minimum atomic E-state index is -0.504. The third kappa shape index (κ3) is 4.04. The number of carbonyl (C=O) groups excluding carboxylic acids is 2. The fourth-order valence-electron chi connectivity index (χ4n) is 3.57. The predicted octanol–water partition coefficient (Wildman–Crippen LogP) is 1.43. The number of benzene rings is 1. The van der Waals surface area contributed by atoms with Crippen LogP contribution in [0.2, 0.25) is 0 Å². The van der Waals surface area contributed by atoms with Gasteiger partial charge in [0.2, 0.25) is 11.8 Å². The Labute approximate surface area is 147 Å².